The number of ketones is 1. The quantitative estimate of drug-likeness (QED) is 0.913. The van der Waals surface area contributed by atoms with Crippen molar-refractivity contribution in [3.8, 4) is 11.5 Å². The second-order valence-corrected chi connectivity index (χ2v) is 4.39. The summed E-state index contributed by atoms with van der Waals surface area (Å²) in [7, 11) is 3.06. The lowest BCUT2D eigenvalue weighted by Gasteiger charge is -2.26. The molecule has 0 bridgehead atoms. The van der Waals surface area contributed by atoms with E-state index < -0.39 is 5.60 Å². The van der Waals surface area contributed by atoms with Gasteiger partial charge in [0.1, 0.15) is 5.60 Å². The van der Waals surface area contributed by atoms with E-state index in [1.165, 1.54) is 38.5 Å². The fourth-order valence-corrected chi connectivity index (χ4v) is 2.12. The van der Waals surface area contributed by atoms with Crippen molar-refractivity contribution in [1.82, 2.24) is 0 Å². The molecule has 0 heterocycles. The van der Waals surface area contributed by atoms with Crippen LogP contribution in [0.4, 0.5) is 0 Å². The Morgan fingerprint density at radius 2 is 1.70 bits per heavy atom. The summed E-state index contributed by atoms with van der Waals surface area (Å²) in [5.41, 5.74) is -0.0873. The van der Waals surface area contributed by atoms with Crippen LogP contribution in [0.15, 0.2) is 43.0 Å². The van der Waals surface area contributed by atoms with Crippen LogP contribution in [0, 0.1) is 0 Å². The van der Waals surface area contributed by atoms with Gasteiger partial charge in [0, 0.05) is 5.56 Å². The summed E-state index contributed by atoms with van der Waals surface area (Å²) in [4.78, 5) is 11.2. The molecule has 20 heavy (non-hydrogen) atoms. The zero-order chi connectivity index (χ0) is 14.8. The molecule has 0 aliphatic heterocycles. The van der Waals surface area contributed by atoms with E-state index in [9.17, 15) is 9.90 Å². The first-order chi connectivity index (χ1) is 9.54. The van der Waals surface area contributed by atoms with Gasteiger partial charge in [-0.3, -0.25) is 4.79 Å². The average Bonchev–Trinajstić information content (AvgIpc) is 2.48. The molecule has 0 saturated carbocycles. The maximum Gasteiger partial charge on any atom is 0.178 e. The van der Waals surface area contributed by atoms with Gasteiger partial charge in [-0.15, -0.1) is 0 Å². The standard InChI is InChI=1S/C16H16O4/c1-4-11-9-14(19-2)15(20-3)10-13(11)16(18)7-5-12(17)6-8-16/h4-10,18H,1H2,2-3H3. The number of rotatable bonds is 4. The summed E-state index contributed by atoms with van der Waals surface area (Å²) in [5.74, 6) is 0.894. The highest BCUT2D eigenvalue weighted by molar-refractivity contribution is 6.00. The summed E-state index contributed by atoms with van der Waals surface area (Å²) in [6.07, 6.45) is 7.19. The third-order valence-electron chi connectivity index (χ3n) is 3.21. The fraction of sp³-hybridized carbons (Fsp3) is 0.188. The number of benzene rings is 1. The van der Waals surface area contributed by atoms with E-state index in [2.05, 4.69) is 6.58 Å². The Labute approximate surface area is 117 Å². The number of ether oxygens (including phenoxy) is 2. The predicted molar refractivity (Wildman–Crippen MR) is 76.8 cm³/mol. The number of carbonyl (C=O) groups excluding carboxylic acids is 1. The normalized spacial score (nSPS) is 16.1. The van der Waals surface area contributed by atoms with Crippen molar-refractivity contribution in [1.29, 1.82) is 0 Å². The van der Waals surface area contributed by atoms with E-state index in [4.69, 9.17) is 9.47 Å². The molecule has 0 aromatic heterocycles. The number of allylic oxidation sites excluding steroid dienone is 2. The number of aliphatic hydroxyl groups is 1. The molecular formula is C16H16O4. The van der Waals surface area contributed by atoms with Gasteiger partial charge in [-0.25, -0.2) is 0 Å². The van der Waals surface area contributed by atoms with Gasteiger partial charge >= 0.3 is 0 Å². The second kappa shape index (κ2) is 5.35. The number of carbonyl (C=O) groups is 1. The topological polar surface area (TPSA) is 55.8 Å². The Kier molecular flexibility index (Phi) is 3.77. The van der Waals surface area contributed by atoms with Crippen molar-refractivity contribution in [2.75, 3.05) is 14.2 Å². The summed E-state index contributed by atoms with van der Waals surface area (Å²) < 4.78 is 10.5. The van der Waals surface area contributed by atoms with Crippen molar-refractivity contribution in [3.63, 3.8) is 0 Å². The van der Waals surface area contributed by atoms with Crippen molar-refractivity contribution < 1.29 is 19.4 Å². The molecule has 4 heteroatoms. The van der Waals surface area contributed by atoms with Gasteiger partial charge in [-0.1, -0.05) is 12.7 Å². The molecule has 1 aliphatic rings. The van der Waals surface area contributed by atoms with Crippen molar-refractivity contribution >= 4 is 11.9 Å². The van der Waals surface area contributed by atoms with Crippen LogP contribution >= 0.6 is 0 Å². The maximum atomic E-state index is 11.2. The van der Waals surface area contributed by atoms with E-state index in [0.29, 0.717) is 22.6 Å². The summed E-state index contributed by atoms with van der Waals surface area (Å²) in [6.45, 7) is 3.74. The van der Waals surface area contributed by atoms with Gasteiger partial charge in [0.15, 0.2) is 17.3 Å². The highest BCUT2D eigenvalue weighted by Crippen LogP contribution is 2.38. The Morgan fingerprint density at radius 1 is 1.15 bits per heavy atom. The molecule has 0 fully saturated rings. The van der Waals surface area contributed by atoms with Crippen LogP contribution in [0.2, 0.25) is 0 Å². The molecule has 0 amide bonds. The predicted octanol–water partition coefficient (Wildman–Crippen LogP) is 2.23. The van der Waals surface area contributed by atoms with Crippen LogP contribution in [-0.2, 0) is 10.4 Å². The van der Waals surface area contributed by atoms with Crippen molar-refractivity contribution in [3.05, 3.63) is 54.1 Å². The molecule has 4 nitrogen and oxygen atoms in total. The van der Waals surface area contributed by atoms with Crippen LogP contribution in [0.5, 0.6) is 11.5 Å². The number of methoxy groups -OCH3 is 2. The van der Waals surface area contributed by atoms with Crippen LogP contribution < -0.4 is 9.47 Å². The van der Waals surface area contributed by atoms with E-state index in [-0.39, 0.29) is 5.78 Å². The molecular weight excluding hydrogens is 256 g/mol. The molecule has 2 rings (SSSR count). The van der Waals surface area contributed by atoms with Crippen LogP contribution in [0.1, 0.15) is 11.1 Å². The Hall–Kier alpha value is -2.33. The molecule has 0 spiro atoms. The van der Waals surface area contributed by atoms with Gasteiger partial charge in [-0.05, 0) is 42.0 Å². The van der Waals surface area contributed by atoms with Gasteiger partial charge in [0.25, 0.3) is 0 Å². The van der Waals surface area contributed by atoms with E-state index in [0.717, 1.165) is 0 Å². The maximum absolute atomic E-state index is 11.2. The van der Waals surface area contributed by atoms with Gasteiger partial charge in [0.05, 0.1) is 14.2 Å². The molecule has 0 radical (unpaired) electrons. The van der Waals surface area contributed by atoms with E-state index in [1.807, 2.05) is 0 Å². The molecule has 1 N–H and O–H groups in total. The monoisotopic (exact) mass is 272 g/mol. The highest BCUT2D eigenvalue weighted by Gasteiger charge is 2.29. The largest absolute Gasteiger partial charge is 0.493 e. The van der Waals surface area contributed by atoms with Gasteiger partial charge < -0.3 is 14.6 Å². The average molecular weight is 272 g/mol. The van der Waals surface area contributed by atoms with Gasteiger partial charge in [0.2, 0.25) is 0 Å². The molecule has 104 valence electrons. The summed E-state index contributed by atoms with van der Waals surface area (Å²) in [5, 5.41) is 10.7. The molecule has 1 aliphatic carbocycles. The third kappa shape index (κ3) is 2.38. The van der Waals surface area contributed by atoms with E-state index >= 15 is 0 Å². The summed E-state index contributed by atoms with van der Waals surface area (Å²) in [6, 6.07) is 3.41. The minimum atomic E-state index is -1.36. The summed E-state index contributed by atoms with van der Waals surface area (Å²) >= 11 is 0. The zero-order valence-electron chi connectivity index (χ0n) is 11.4. The second-order valence-electron chi connectivity index (χ2n) is 4.39. The fourth-order valence-electron chi connectivity index (χ4n) is 2.12. The van der Waals surface area contributed by atoms with Crippen LogP contribution in [0.3, 0.4) is 0 Å². The first-order valence-corrected chi connectivity index (χ1v) is 6.08. The lowest BCUT2D eigenvalue weighted by Crippen LogP contribution is -2.24. The van der Waals surface area contributed by atoms with Crippen molar-refractivity contribution in [2.24, 2.45) is 0 Å². The molecule has 0 unspecified atom stereocenters. The van der Waals surface area contributed by atoms with Crippen molar-refractivity contribution in [2.45, 2.75) is 5.60 Å². The molecule has 0 atom stereocenters. The Bertz CT molecular complexity index is 595. The Balaban J connectivity index is 2.61. The molecule has 1 aromatic carbocycles. The van der Waals surface area contributed by atoms with Gasteiger partial charge in [-0.2, -0.15) is 0 Å². The van der Waals surface area contributed by atoms with E-state index in [1.54, 1.807) is 18.2 Å². The highest BCUT2D eigenvalue weighted by atomic mass is 16.5. The number of hydrogen-bond acceptors (Lipinski definition) is 4. The van der Waals surface area contributed by atoms with Crippen LogP contribution in [-0.4, -0.2) is 25.1 Å². The first kappa shape index (κ1) is 14.1. The molecule has 1 aromatic rings. The van der Waals surface area contributed by atoms with Crippen LogP contribution in [0.25, 0.3) is 6.08 Å². The lowest BCUT2D eigenvalue weighted by molar-refractivity contribution is -0.110. The SMILES string of the molecule is C=Cc1cc(OC)c(OC)cc1C1(O)C=CC(=O)C=C1. The minimum Gasteiger partial charge on any atom is -0.493 e. The number of hydrogen-bond donors (Lipinski definition) is 1. The minimum absolute atomic E-state index is 0.157. The zero-order valence-corrected chi connectivity index (χ0v) is 11.4. The molecule has 0 saturated heterocycles. The first-order valence-electron chi connectivity index (χ1n) is 6.08. The third-order valence-corrected chi connectivity index (χ3v) is 3.21. The smallest absolute Gasteiger partial charge is 0.178 e. The Morgan fingerprint density at radius 3 is 2.20 bits per heavy atom. The lowest BCUT2D eigenvalue weighted by atomic mass is 9.86.